The second-order valence-corrected chi connectivity index (χ2v) is 6.69. The molecule has 1 aromatic heterocycles. The average molecular weight is 350 g/mol. The lowest BCUT2D eigenvalue weighted by Crippen LogP contribution is -2.05. The Labute approximate surface area is 133 Å². The van der Waals surface area contributed by atoms with Crippen LogP contribution in [-0.4, -0.2) is 11.0 Å². The molecule has 0 radical (unpaired) electrons. The van der Waals surface area contributed by atoms with Gasteiger partial charge in [0.15, 0.2) is 0 Å². The Morgan fingerprint density at radius 3 is 2.67 bits per heavy atom. The molecule has 1 aliphatic rings. The van der Waals surface area contributed by atoms with Gasteiger partial charge in [-0.05, 0) is 59.3 Å². The molecule has 1 saturated carbocycles. The molecular weight excluding hydrogens is 330 g/mol. The van der Waals surface area contributed by atoms with Gasteiger partial charge in [0.2, 0.25) is 0 Å². The van der Waals surface area contributed by atoms with Gasteiger partial charge in [-0.15, -0.1) is 0 Å². The lowest BCUT2D eigenvalue weighted by atomic mass is 9.84. The summed E-state index contributed by atoms with van der Waals surface area (Å²) in [6.07, 6.45) is 6.50. The highest BCUT2D eigenvalue weighted by Crippen LogP contribution is 2.42. The molecule has 0 amide bonds. The van der Waals surface area contributed by atoms with E-state index < -0.39 is 0 Å². The third-order valence-corrected chi connectivity index (χ3v) is 5.07. The molecule has 0 unspecified atom stereocenters. The van der Waals surface area contributed by atoms with Crippen LogP contribution >= 0.6 is 15.9 Å². The van der Waals surface area contributed by atoms with E-state index in [9.17, 15) is 4.79 Å². The number of esters is 1. The zero-order valence-corrected chi connectivity index (χ0v) is 14.0. The van der Waals surface area contributed by atoms with Crippen molar-refractivity contribution >= 4 is 32.8 Å². The number of aromatic amines is 1. The van der Waals surface area contributed by atoms with Crippen molar-refractivity contribution in [3.05, 3.63) is 27.9 Å². The Kier molecular flexibility index (Phi) is 4.07. The van der Waals surface area contributed by atoms with Crippen LogP contribution in [0, 0.1) is 6.92 Å². The number of hydrogen-bond donors (Lipinski definition) is 1. The summed E-state index contributed by atoms with van der Waals surface area (Å²) in [5.74, 6) is 0.982. The third kappa shape index (κ3) is 2.73. The Morgan fingerprint density at radius 2 is 2.00 bits per heavy atom. The lowest BCUT2D eigenvalue weighted by molar-refractivity contribution is -0.131. The SMILES string of the molecule is CC(=O)Oc1ccc2c(C3CCCCC3)c(Br)[nH]c2c1C. The van der Waals surface area contributed by atoms with Crippen LogP contribution in [0.25, 0.3) is 10.9 Å². The largest absolute Gasteiger partial charge is 0.426 e. The molecule has 0 saturated heterocycles. The number of hydrogen-bond acceptors (Lipinski definition) is 2. The number of ether oxygens (including phenoxy) is 1. The minimum atomic E-state index is -0.282. The van der Waals surface area contributed by atoms with Crippen molar-refractivity contribution in [1.29, 1.82) is 0 Å². The number of halogens is 1. The van der Waals surface area contributed by atoms with Crippen LogP contribution in [0.2, 0.25) is 0 Å². The fourth-order valence-electron chi connectivity index (χ4n) is 3.43. The molecule has 1 N–H and O–H groups in total. The van der Waals surface area contributed by atoms with Crippen LogP contribution in [0.1, 0.15) is 56.1 Å². The molecule has 0 bridgehead atoms. The fourth-order valence-corrected chi connectivity index (χ4v) is 4.16. The molecule has 0 atom stereocenters. The van der Waals surface area contributed by atoms with Crippen molar-refractivity contribution < 1.29 is 9.53 Å². The smallest absolute Gasteiger partial charge is 0.308 e. The Hall–Kier alpha value is -1.29. The third-order valence-electron chi connectivity index (χ3n) is 4.44. The van der Waals surface area contributed by atoms with Crippen LogP contribution in [0.4, 0.5) is 0 Å². The van der Waals surface area contributed by atoms with Crippen molar-refractivity contribution in [2.24, 2.45) is 0 Å². The van der Waals surface area contributed by atoms with Crippen LogP contribution in [0.15, 0.2) is 16.7 Å². The molecule has 4 heteroatoms. The number of fused-ring (bicyclic) bond motifs is 1. The molecule has 0 aliphatic heterocycles. The minimum absolute atomic E-state index is 0.282. The molecule has 0 spiro atoms. The Morgan fingerprint density at radius 1 is 1.29 bits per heavy atom. The maximum Gasteiger partial charge on any atom is 0.308 e. The van der Waals surface area contributed by atoms with Crippen molar-refractivity contribution in [1.82, 2.24) is 4.98 Å². The maximum atomic E-state index is 11.2. The quantitative estimate of drug-likeness (QED) is 0.597. The summed E-state index contributed by atoms with van der Waals surface area (Å²) in [4.78, 5) is 14.6. The first-order valence-corrected chi connectivity index (χ1v) is 8.36. The highest BCUT2D eigenvalue weighted by molar-refractivity contribution is 9.10. The van der Waals surface area contributed by atoms with Crippen molar-refractivity contribution in [3.63, 3.8) is 0 Å². The second-order valence-electron chi connectivity index (χ2n) is 5.89. The minimum Gasteiger partial charge on any atom is -0.426 e. The van der Waals surface area contributed by atoms with Gasteiger partial charge in [-0.25, -0.2) is 0 Å². The molecule has 3 rings (SSSR count). The first-order chi connectivity index (χ1) is 10.1. The Bertz CT molecular complexity index is 684. The summed E-state index contributed by atoms with van der Waals surface area (Å²) < 4.78 is 6.35. The molecule has 1 aromatic carbocycles. The van der Waals surface area contributed by atoms with E-state index in [1.54, 1.807) is 0 Å². The predicted molar refractivity (Wildman–Crippen MR) is 87.9 cm³/mol. The molecule has 1 fully saturated rings. The maximum absolute atomic E-state index is 11.2. The van der Waals surface area contributed by atoms with E-state index in [0.29, 0.717) is 11.7 Å². The highest BCUT2D eigenvalue weighted by atomic mass is 79.9. The van der Waals surface area contributed by atoms with Crippen LogP contribution in [-0.2, 0) is 4.79 Å². The van der Waals surface area contributed by atoms with Crippen LogP contribution in [0.3, 0.4) is 0 Å². The van der Waals surface area contributed by atoms with Crippen molar-refractivity contribution in [2.75, 3.05) is 0 Å². The van der Waals surface area contributed by atoms with Gasteiger partial charge in [0, 0.05) is 17.9 Å². The number of carbonyl (C=O) groups excluding carboxylic acids is 1. The first-order valence-electron chi connectivity index (χ1n) is 7.57. The molecule has 2 aromatic rings. The number of H-pyrrole nitrogens is 1. The van der Waals surface area contributed by atoms with E-state index in [4.69, 9.17) is 4.74 Å². The van der Waals surface area contributed by atoms with Crippen LogP contribution in [0.5, 0.6) is 5.75 Å². The molecule has 21 heavy (non-hydrogen) atoms. The molecular formula is C17H20BrNO2. The number of rotatable bonds is 2. The summed E-state index contributed by atoms with van der Waals surface area (Å²) in [7, 11) is 0. The van der Waals surface area contributed by atoms with Gasteiger partial charge in [-0.3, -0.25) is 4.79 Å². The monoisotopic (exact) mass is 349 g/mol. The fraction of sp³-hybridized carbons (Fsp3) is 0.471. The molecule has 1 heterocycles. The number of aromatic nitrogens is 1. The van der Waals surface area contributed by atoms with Gasteiger partial charge in [0.1, 0.15) is 5.75 Å². The van der Waals surface area contributed by atoms with Crippen molar-refractivity contribution in [3.8, 4) is 5.75 Å². The topological polar surface area (TPSA) is 42.1 Å². The van der Waals surface area contributed by atoms with Gasteiger partial charge >= 0.3 is 5.97 Å². The normalized spacial score (nSPS) is 16.3. The van der Waals surface area contributed by atoms with Crippen molar-refractivity contribution in [2.45, 2.75) is 51.9 Å². The second kappa shape index (κ2) is 5.84. The average Bonchev–Trinajstić information content (AvgIpc) is 2.80. The zero-order chi connectivity index (χ0) is 15.0. The number of benzene rings is 1. The van der Waals surface area contributed by atoms with E-state index in [-0.39, 0.29) is 5.97 Å². The number of aryl methyl sites for hydroxylation is 1. The first kappa shape index (κ1) is 14.6. The van der Waals surface area contributed by atoms with Gasteiger partial charge in [-0.1, -0.05) is 19.3 Å². The molecule has 3 nitrogen and oxygen atoms in total. The predicted octanol–water partition coefficient (Wildman–Crippen LogP) is 5.21. The summed E-state index contributed by atoms with van der Waals surface area (Å²) in [5.41, 5.74) is 3.45. The van der Waals surface area contributed by atoms with Gasteiger partial charge < -0.3 is 9.72 Å². The van der Waals surface area contributed by atoms with Crippen LogP contribution < -0.4 is 4.74 Å². The standard InChI is InChI=1S/C17H20BrNO2/c1-10-14(21-11(2)20)9-8-13-15(17(18)19-16(10)13)12-6-4-3-5-7-12/h8-9,12,19H,3-7H2,1-2H3. The number of nitrogens with one attached hydrogen (secondary N) is 1. The summed E-state index contributed by atoms with van der Waals surface area (Å²) >= 11 is 3.69. The van der Waals surface area contributed by atoms with E-state index >= 15 is 0 Å². The summed E-state index contributed by atoms with van der Waals surface area (Å²) in [5, 5.41) is 1.25. The molecule has 112 valence electrons. The zero-order valence-electron chi connectivity index (χ0n) is 12.5. The Balaban J connectivity index is 2.08. The van der Waals surface area contributed by atoms with Gasteiger partial charge in [0.05, 0.1) is 10.1 Å². The lowest BCUT2D eigenvalue weighted by Gasteiger charge is -2.22. The van der Waals surface area contributed by atoms with E-state index in [0.717, 1.165) is 15.7 Å². The summed E-state index contributed by atoms with van der Waals surface area (Å²) in [6, 6.07) is 3.98. The van der Waals surface area contributed by atoms with Gasteiger partial charge in [-0.2, -0.15) is 0 Å². The van der Waals surface area contributed by atoms with E-state index in [2.05, 4.69) is 27.0 Å². The van der Waals surface area contributed by atoms with E-state index in [1.165, 1.54) is 50.0 Å². The molecule has 1 aliphatic carbocycles. The van der Waals surface area contributed by atoms with Gasteiger partial charge in [0.25, 0.3) is 0 Å². The van der Waals surface area contributed by atoms with E-state index in [1.807, 2.05) is 13.0 Å². The number of carbonyl (C=O) groups is 1. The highest BCUT2D eigenvalue weighted by Gasteiger charge is 2.23. The summed E-state index contributed by atoms with van der Waals surface area (Å²) in [6.45, 7) is 3.43.